The molecule has 28 heavy (non-hydrogen) atoms. The molecule has 0 saturated heterocycles. The minimum absolute atomic E-state index is 0.948. The molecule has 0 bridgehead atoms. The fourth-order valence-corrected chi connectivity index (χ4v) is 4.73. The van der Waals surface area contributed by atoms with Crippen LogP contribution in [0.5, 0.6) is 0 Å². The van der Waals surface area contributed by atoms with E-state index in [2.05, 4.69) is 74.2 Å². The van der Waals surface area contributed by atoms with Gasteiger partial charge < -0.3 is 0 Å². The second kappa shape index (κ2) is 8.78. The van der Waals surface area contributed by atoms with E-state index in [1.807, 2.05) is 6.08 Å². The molecule has 0 spiro atoms. The Hall–Kier alpha value is -2.34. The number of rotatable bonds is 6. The van der Waals surface area contributed by atoms with Gasteiger partial charge in [0.25, 0.3) is 0 Å². The average Bonchev–Trinajstić information content (AvgIpc) is 2.77. The van der Waals surface area contributed by atoms with Gasteiger partial charge in [0, 0.05) is 0 Å². The summed E-state index contributed by atoms with van der Waals surface area (Å²) in [6, 6.07) is 22.5. The van der Waals surface area contributed by atoms with Crippen molar-refractivity contribution in [3.05, 3.63) is 78.4 Å². The first-order valence-corrected chi connectivity index (χ1v) is 11.0. The van der Waals surface area contributed by atoms with Crippen molar-refractivity contribution >= 4 is 16.8 Å². The third kappa shape index (κ3) is 4.38. The van der Waals surface area contributed by atoms with Gasteiger partial charge in [0.2, 0.25) is 0 Å². The lowest BCUT2D eigenvalue weighted by atomic mass is 9.78. The number of hydrogen-bond donors (Lipinski definition) is 0. The highest BCUT2D eigenvalue weighted by atomic mass is 14.2. The minimum Gasteiger partial charge on any atom is -0.0985 e. The molecule has 0 heterocycles. The van der Waals surface area contributed by atoms with E-state index in [1.165, 1.54) is 78.0 Å². The smallest absolute Gasteiger partial charge is 0.0177 e. The molecule has 0 aromatic heterocycles. The third-order valence-corrected chi connectivity index (χ3v) is 6.77. The van der Waals surface area contributed by atoms with Gasteiger partial charge in [-0.25, -0.2) is 0 Å². The van der Waals surface area contributed by atoms with Crippen LogP contribution in [0.2, 0.25) is 0 Å². The van der Waals surface area contributed by atoms with E-state index < -0.39 is 0 Å². The molecule has 1 saturated carbocycles. The molecule has 0 radical (unpaired) electrons. The van der Waals surface area contributed by atoms with Crippen molar-refractivity contribution in [2.75, 3.05) is 0 Å². The predicted octanol–water partition coefficient (Wildman–Crippen LogP) is 8.30. The van der Waals surface area contributed by atoms with Crippen molar-refractivity contribution in [3.8, 4) is 11.1 Å². The van der Waals surface area contributed by atoms with Crippen LogP contribution in [0, 0.1) is 11.8 Å². The molecular weight excluding hydrogens is 336 g/mol. The van der Waals surface area contributed by atoms with Crippen molar-refractivity contribution in [3.63, 3.8) is 0 Å². The van der Waals surface area contributed by atoms with Gasteiger partial charge in [-0.1, -0.05) is 100 Å². The topological polar surface area (TPSA) is 0 Å². The van der Waals surface area contributed by atoms with Crippen LogP contribution >= 0.6 is 0 Å². The average molecular weight is 369 g/mol. The summed E-state index contributed by atoms with van der Waals surface area (Å²) in [6.07, 6.45) is 11.7. The number of benzene rings is 3. The first-order valence-electron chi connectivity index (χ1n) is 11.0. The quantitative estimate of drug-likeness (QED) is 0.410. The van der Waals surface area contributed by atoms with Crippen LogP contribution in [0.4, 0.5) is 0 Å². The standard InChI is InChI=1S/C28H32/c1-3-21-5-7-23(8-6-21)9-10-24-12-14-25(15-13-24)27-18-17-26-19-22(4-2)11-16-28(26)20-27/h4,11-21,23H,2-3,5-10H2,1H3. The molecule has 0 N–H and O–H groups in total. The molecule has 144 valence electrons. The van der Waals surface area contributed by atoms with Gasteiger partial charge in [0.15, 0.2) is 0 Å². The largest absolute Gasteiger partial charge is 0.0985 e. The molecule has 1 aliphatic carbocycles. The molecule has 1 fully saturated rings. The SMILES string of the molecule is C=Cc1ccc2cc(-c3ccc(CCC4CCC(CC)CC4)cc3)ccc2c1. The van der Waals surface area contributed by atoms with E-state index in [9.17, 15) is 0 Å². The van der Waals surface area contributed by atoms with Gasteiger partial charge in [-0.3, -0.25) is 0 Å². The highest BCUT2D eigenvalue weighted by Gasteiger charge is 2.19. The zero-order valence-corrected chi connectivity index (χ0v) is 17.2. The Bertz CT molecular complexity index is 924. The molecule has 0 heteroatoms. The molecule has 0 atom stereocenters. The maximum atomic E-state index is 3.86. The van der Waals surface area contributed by atoms with Gasteiger partial charge in [0.1, 0.15) is 0 Å². The van der Waals surface area contributed by atoms with Crippen LogP contribution in [-0.4, -0.2) is 0 Å². The van der Waals surface area contributed by atoms with Crippen molar-refractivity contribution in [1.29, 1.82) is 0 Å². The van der Waals surface area contributed by atoms with Gasteiger partial charge in [-0.2, -0.15) is 0 Å². The summed E-state index contributed by atoms with van der Waals surface area (Å²) in [5.74, 6) is 1.95. The summed E-state index contributed by atoms with van der Waals surface area (Å²) in [5.41, 5.74) is 5.26. The number of hydrogen-bond acceptors (Lipinski definition) is 0. The third-order valence-electron chi connectivity index (χ3n) is 6.77. The van der Waals surface area contributed by atoms with E-state index in [4.69, 9.17) is 0 Å². The summed E-state index contributed by atoms with van der Waals surface area (Å²) < 4.78 is 0. The Morgan fingerprint density at radius 2 is 1.43 bits per heavy atom. The lowest BCUT2D eigenvalue weighted by Crippen LogP contribution is -2.14. The predicted molar refractivity (Wildman–Crippen MR) is 124 cm³/mol. The molecule has 3 aromatic carbocycles. The van der Waals surface area contributed by atoms with E-state index in [0.29, 0.717) is 0 Å². The molecule has 0 aliphatic heterocycles. The molecule has 0 unspecified atom stereocenters. The Kier molecular flexibility index (Phi) is 5.95. The normalized spacial score (nSPS) is 19.6. The zero-order valence-electron chi connectivity index (χ0n) is 17.2. The number of fused-ring (bicyclic) bond motifs is 1. The summed E-state index contributed by atoms with van der Waals surface area (Å²) in [5, 5.41) is 2.56. The van der Waals surface area contributed by atoms with Gasteiger partial charge in [-0.15, -0.1) is 0 Å². The Morgan fingerprint density at radius 1 is 0.786 bits per heavy atom. The van der Waals surface area contributed by atoms with E-state index in [0.717, 1.165) is 11.8 Å². The van der Waals surface area contributed by atoms with Crippen LogP contribution in [-0.2, 0) is 6.42 Å². The van der Waals surface area contributed by atoms with Crippen LogP contribution in [0.3, 0.4) is 0 Å². The van der Waals surface area contributed by atoms with Gasteiger partial charge >= 0.3 is 0 Å². The lowest BCUT2D eigenvalue weighted by molar-refractivity contribution is 0.259. The van der Waals surface area contributed by atoms with E-state index in [1.54, 1.807) is 0 Å². The van der Waals surface area contributed by atoms with Crippen LogP contribution in [0.25, 0.3) is 28.0 Å². The zero-order chi connectivity index (χ0) is 19.3. The molecule has 0 amide bonds. The monoisotopic (exact) mass is 368 g/mol. The summed E-state index contributed by atoms with van der Waals surface area (Å²) in [6.45, 7) is 6.21. The van der Waals surface area contributed by atoms with Crippen LogP contribution < -0.4 is 0 Å². The van der Waals surface area contributed by atoms with E-state index in [-0.39, 0.29) is 0 Å². The Labute approximate surface area is 170 Å². The van der Waals surface area contributed by atoms with Crippen LogP contribution in [0.15, 0.2) is 67.2 Å². The van der Waals surface area contributed by atoms with Crippen molar-refractivity contribution in [2.24, 2.45) is 11.8 Å². The number of aryl methyl sites for hydroxylation is 1. The van der Waals surface area contributed by atoms with Crippen molar-refractivity contribution in [2.45, 2.75) is 51.9 Å². The summed E-state index contributed by atoms with van der Waals surface area (Å²) in [7, 11) is 0. The fourth-order valence-electron chi connectivity index (χ4n) is 4.73. The second-order valence-corrected chi connectivity index (χ2v) is 8.56. The maximum Gasteiger partial charge on any atom is -0.0177 e. The van der Waals surface area contributed by atoms with Gasteiger partial charge in [-0.05, 0) is 69.8 Å². The molecule has 4 rings (SSSR count). The first kappa shape index (κ1) is 19.0. The Balaban J connectivity index is 1.40. The molecule has 1 aliphatic rings. The van der Waals surface area contributed by atoms with E-state index >= 15 is 0 Å². The van der Waals surface area contributed by atoms with Crippen LogP contribution in [0.1, 0.15) is 56.6 Å². The van der Waals surface area contributed by atoms with Crippen molar-refractivity contribution < 1.29 is 0 Å². The highest BCUT2D eigenvalue weighted by molar-refractivity contribution is 5.88. The Morgan fingerprint density at radius 3 is 2.14 bits per heavy atom. The summed E-state index contributed by atoms with van der Waals surface area (Å²) in [4.78, 5) is 0. The molecular formula is C28H32. The first-order chi connectivity index (χ1) is 13.7. The fraction of sp³-hybridized carbons (Fsp3) is 0.357. The van der Waals surface area contributed by atoms with Crippen molar-refractivity contribution in [1.82, 2.24) is 0 Å². The lowest BCUT2D eigenvalue weighted by Gasteiger charge is -2.27. The second-order valence-electron chi connectivity index (χ2n) is 8.56. The molecule has 3 aromatic rings. The highest BCUT2D eigenvalue weighted by Crippen LogP contribution is 2.33. The maximum absolute atomic E-state index is 3.86. The minimum atomic E-state index is 0.948. The van der Waals surface area contributed by atoms with Gasteiger partial charge in [0.05, 0.1) is 0 Å². The summed E-state index contributed by atoms with van der Waals surface area (Å²) >= 11 is 0. The molecule has 0 nitrogen and oxygen atoms in total.